The number of rotatable bonds is 5. The highest BCUT2D eigenvalue weighted by Gasteiger charge is 2.18. The number of hydrogen-bond donors (Lipinski definition) is 2. The second-order valence-electron chi connectivity index (χ2n) is 4.59. The molecular formula is C13H20F2N2. The second kappa shape index (κ2) is 6.07. The van der Waals surface area contributed by atoms with Gasteiger partial charge in [-0.15, -0.1) is 0 Å². The molecule has 0 spiro atoms. The minimum Gasteiger partial charge on any atom is -0.271 e. The molecule has 4 heteroatoms. The summed E-state index contributed by atoms with van der Waals surface area (Å²) < 4.78 is 26.9. The number of nitrogens with two attached hydrogens (primary N) is 1. The highest BCUT2D eigenvalue weighted by atomic mass is 19.1. The third kappa shape index (κ3) is 3.48. The molecule has 2 atom stereocenters. The lowest BCUT2D eigenvalue weighted by Gasteiger charge is -2.21. The van der Waals surface area contributed by atoms with Crippen molar-refractivity contribution in [2.75, 3.05) is 0 Å². The van der Waals surface area contributed by atoms with Crippen LogP contribution in [-0.4, -0.2) is 0 Å². The van der Waals surface area contributed by atoms with Gasteiger partial charge in [0.2, 0.25) is 0 Å². The largest absolute Gasteiger partial charge is 0.271 e. The Morgan fingerprint density at radius 3 is 2.47 bits per heavy atom. The molecule has 0 fully saturated rings. The molecule has 0 radical (unpaired) electrons. The number of aryl methyl sites for hydroxylation is 1. The monoisotopic (exact) mass is 242 g/mol. The zero-order valence-corrected chi connectivity index (χ0v) is 10.6. The Morgan fingerprint density at radius 2 is 1.94 bits per heavy atom. The molecule has 1 rings (SSSR count). The molecule has 2 nitrogen and oxygen atoms in total. The van der Waals surface area contributed by atoms with E-state index in [1.807, 2.05) is 0 Å². The smallest absolute Gasteiger partial charge is 0.130 e. The topological polar surface area (TPSA) is 38.0 Å². The van der Waals surface area contributed by atoms with E-state index in [-0.39, 0.29) is 6.04 Å². The van der Waals surface area contributed by atoms with E-state index in [2.05, 4.69) is 19.3 Å². The molecule has 3 N–H and O–H groups in total. The van der Waals surface area contributed by atoms with Gasteiger partial charge in [0.25, 0.3) is 0 Å². The van der Waals surface area contributed by atoms with E-state index in [9.17, 15) is 8.78 Å². The number of nitrogens with one attached hydrogen (secondary N) is 1. The van der Waals surface area contributed by atoms with Gasteiger partial charge in [0.15, 0.2) is 0 Å². The molecule has 0 heterocycles. The molecule has 0 bridgehead atoms. The fraction of sp³-hybridized carbons (Fsp3) is 0.538. The first kappa shape index (κ1) is 14.1. The number of hydrogen-bond acceptors (Lipinski definition) is 2. The van der Waals surface area contributed by atoms with Gasteiger partial charge in [-0.2, -0.15) is 0 Å². The van der Waals surface area contributed by atoms with Gasteiger partial charge in [-0.1, -0.05) is 20.3 Å². The molecule has 0 aliphatic rings. The van der Waals surface area contributed by atoms with Crippen LogP contribution in [0.1, 0.15) is 43.9 Å². The molecule has 0 saturated heterocycles. The molecule has 0 amide bonds. The van der Waals surface area contributed by atoms with E-state index >= 15 is 0 Å². The van der Waals surface area contributed by atoms with Crippen molar-refractivity contribution in [3.05, 3.63) is 34.9 Å². The van der Waals surface area contributed by atoms with E-state index in [0.29, 0.717) is 17.0 Å². The first-order valence-electron chi connectivity index (χ1n) is 5.91. The van der Waals surface area contributed by atoms with Crippen molar-refractivity contribution in [1.82, 2.24) is 5.43 Å². The van der Waals surface area contributed by atoms with E-state index in [1.165, 1.54) is 6.07 Å². The first-order chi connectivity index (χ1) is 7.99. The van der Waals surface area contributed by atoms with Gasteiger partial charge in [0.1, 0.15) is 11.6 Å². The minimum absolute atomic E-state index is 0.274. The molecule has 0 saturated carbocycles. The van der Waals surface area contributed by atoms with E-state index in [1.54, 1.807) is 6.92 Å². The molecule has 0 aromatic heterocycles. The molecule has 0 aliphatic heterocycles. The highest BCUT2D eigenvalue weighted by Crippen LogP contribution is 2.26. The van der Waals surface area contributed by atoms with Crippen molar-refractivity contribution >= 4 is 0 Å². The lowest BCUT2D eigenvalue weighted by atomic mass is 9.93. The van der Waals surface area contributed by atoms with E-state index in [0.717, 1.165) is 18.9 Å². The van der Waals surface area contributed by atoms with E-state index in [4.69, 9.17) is 5.84 Å². The molecule has 1 aromatic rings. The van der Waals surface area contributed by atoms with Crippen LogP contribution in [0.15, 0.2) is 12.1 Å². The Bertz CT molecular complexity index is 380. The summed E-state index contributed by atoms with van der Waals surface area (Å²) in [6.45, 7) is 5.78. The number of halogens is 2. The summed E-state index contributed by atoms with van der Waals surface area (Å²) in [6.07, 6.45) is 1.73. The maximum Gasteiger partial charge on any atom is 0.130 e. The summed E-state index contributed by atoms with van der Waals surface area (Å²) in [5.74, 6) is 4.82. The predicted molar refractivity (Wildman–Crippen MR) is 65.2 cm³/mol. The van der Waals surface area contributed by atoms with Crippen LogP contribution in [0.4, 0.5) is 8.78 Å². The van der Waals surface area contributed by atoms with Crippen molar-refractivity contribution < 1.29 is 8.78 Å². The van der Waals surface area contributed by atoms with Gasteiger partial charge >= 0.3 is 0 Å². The molecule has 17 heavy (non-hydrogen) atoms. The van der Waals surface area contributed by atoms with Crippen molar-refractivity contribution in [3.63, 3.8) is 0 Å². The average Bonchev–Trinajstić information content (AvgIpc) is 2.30. The van der Waals surface area contributed by atoms with Gasteiger partial charge in [-0.25, -0.2) is 8.78 Å². The summed E-state index contributed by atoms with van der Waals surface area (Å²) in [4.78, 5) is 0. The van der Waals surface area contributed by atoms with Crippen molar-refractivity contribution in [2.24, 2.45) is 11.8 Å². The first-order valence-corrected chi connectivity index (χ1v) is 5.91. The summed E-state index contributed by atoms with van der Waals surface area (Å²) in [5, 5.41) is 0. The summed E-state index contributed by atoms with van der Waals surface area (Å²) in [6, 6.07) is 2.17. The van der Waals surface area contributed by atoms with Gasteiger partial charge < -0.3 is 0 Å². The Hall–Kier alpha value is -1.00. The lowest BCUT2D eigenvalue weighted by Crippen LogP contribution is -2.30. The van der Waals surface area contributed by atoms with Crippen LogP contribution in [0.3, 0.4) is 0 Å². The predicted octanol–water partition coefficient (Wildman–Crippen LogP) is 3.21. The maximum absolute atomic E-state index is 13.7. The van der Waals surface area contributed by atoms with Crippen LogP contribution in [0.2, 0.25) is 0 Å². The van der Waals surface area contributed by atoms with Crippen LogP contribution in [0.5, 0.6) is 0 Å². The van der Waals surface area contributed by atoms with E-state index < -0.39 is 11.6 Å². The molecule has 2 unspecified atom stereocenters. The van der Waals surface area contributed by atoms with Crippen LogP contribution in [-0.2, 0) is 0 Å². The van der Waals surface area contributed by atoms with Crippen LogP contribution in [0.25, 0.3) is 0 Å². The van der Waals surface area contributed by atoms with Gasteiger partial charge in [0, 0.05) is 17.7 Å². The zero-order valence-electron chi connectivity index (χ0n) is 10.6. The fourth-order valence-electron chi connectivity index (χ4n) is 1.80. The number of benzene rings is 1. The van der Waals surface area contributed by atoms with Crippen LogP contribution < -0.4 is 11.3 Å². The average molecular weight is 242 g/mol. The highest BCUT2D eigenvalue weighted by molar-refractivity contribution is 5.28. The Kier molecular flexibility index (Phi) is 5.02. The van der Waals surface area contributed by atoms with Crippen molar-refractivity contribution in [1.29, 1.82) is 0 Å². The third-order valence-electron chi connectivity index (χ3n) is 3.19. The van der Waals surface area contributed by atoms with Crippen molar-refractivity contribution in [3.8, 4) is 0 Å². The maximum atomic E-state index is 13.7. The van der Waals surface area contributed by atoms with Crippen molar-refractivity contribution in [2.45, 2.75) is 39.7 Å². The minimum atomic E-state index is -0.542. The molecule has 96 valence electrons. The summed E-state index contributed by atoms with van der Waals surface area (Å²) in [5.41, 5.74) is 3.48. The third-order valence-corrected chi connectivity index (χ3v) is 3.19. The Morgan fingerprint density at radius 1 is 1.29 bits per heavy atom. The van der Waals surface area contributed by atoms with Crippen LogP contribution >= 0.6 is 0 Å². The summed E-state index contributed by atoms with van der Waals surface area (Å²) in [7, 11) is 0. The summed E-state index contributed by atoms with van der Waals surface area (Å²) >= 11 is 0. The fourth-order valence-corrected chi connectivity index (χ4v) is 1.80. The van der Waals surface area contributed by atoms with Gasteiger partial charge in [-0.05, 0) is 30.9 Å². The number of hydrazine groups is 1. The van der Waals surface area contributed by atoms with Gasteiger partial charge in [0.05, 0.1) is 0 Å². The van der Waals surface area contributed by atoms with Crippen LogP contribution in [0, 0.1) is 24.5 Å². The SMILES string of the molecule is CCC(C)CC(NN)c1cc(C)c(F)cc1F. The standard InChI is InChI=1S/C13H20F2N2/c1-4-8(2)5-13(17-16)10-6-9(3)11(14)7-12(10)15/h6-8,13,17H,4-5,16H2,1-3H3. The van der Waals surface area contributed by atoms with Gasteiger partial charge in [-0.3, -0.25) is 11.3 Å². The molecule has 1 aromatic carbocycles. The quantitative estimate of drug-likeness (QED) is 0.614. The second-order valence-corrected chi connectivity index (χ2v) is 4.59. The molecule has 0 aliphatic carbocycles. The zero-order chi connectivity index (χ0) is 13.0. The Labute approximate surface area is 101 Å². The normalized spacial score (nSPS) is 14.7. The molecular weight excluding hydrogens is 222 g/mol. The lowest BCUT2D eigenvalue weighted by molar-refractivity contribution is 0.395. The Balaban J connectivity index is 2.99.